The van der Waals surface area contributed by atoms with Crippen molar-refractivity contribution in [2.24, 2.45) is 40.4 Å². The van der Waals surface area contributed by atoms with Gasteiger partial charge in [0.15, 0.2) is 6.29 Å². The molecule has 0 amide bonds. The highest BCUT2D eigenvalue weighted by atomic mass is 16.7. The average molecular weight is 487 g/mol. The largest absolute Gasteiger partial charge is 0.469 e. The van der Waals surface area contributed by atoms with Gasteiger partial charge in [0.05, 0.1) is 13.2 Å². The fraction of sp³-hybridized carbons (Fsp3) is 0.903. The minimum atomic E-state index is -0.0577. The Morgan fingerprint density at radius 3 is 2.74 bits per heavy atom. The van der Waals surface area contributed by atoms with Crippen LogP contribution in [-0.4, -0.2) is 32.1 Å². The highest BCUT2D eigenvalue weighted by Gasteiger charge is 2.59. The molecule has 4 nitrogen and oxygen atoms in total. The Kier molecular flexibility index (Phi) is 7.71. The monoisotopic (exact) mass is 486 g/mol. The van der Waals surface area contributed by atoms with Crippen LogP contribution in [0.2, 0.25) is 0 Å². The number of rotatable bonds is 7. The third-order valence-corrected chi connectivity index (χ3v) is 11.6. The van der Waals surface area contributed by atoms with E-state index in [1.165, 1.54) is 64.9 Å². The highest BCUT2D eigenvalue weighted by Crippen LogP contribution is 2.67. The van der Waals surface area contributed by atoms with Gasteiger partial charge in [0.1, 0.15) is 0 Å². The first-order valence-corrected chi connectivity index (χ1v) is 14.9. The maximum atomic E-state index is 11.6. The summed E-state index contributed by atoms with van der Waals surface area (Å²) in [7, 11) is 1.50. The average Bonchev–Trinajstić information content (AvgIpc) is 3.22. The van der Waals surface area contributed by atoms with Gasteiger partial charge in [-0.3, -0.25) is 4.79 Å². The summed E-state index contributed by atoms with van der Waals surface area (Å²) in [6.45, 7) is 8.57. The van der Waals surface area contributed by atoms with E-state index in [1.807, 2.05) is 0 Å². The molecule has 0 spiro atoms. The summed E-state index contributed by atoms with van der Waals surface area (Å²) in [5, 5.41) is 0. The van der Waals surface area contributed by atoms with Crippen LogP contribution < -0.4 is 0 Å². The lowest BCUT2D eigenvalue weighted by atomic mass is 9.47. The first-order chi connectivity index (χ1) is 16.8. The second-order valence-corrected chi connectivity index (χ2v) is 13.2. The lowest BCUT2D eigenvalue weighted by Crippen LogP contribution is -2.51. The molecule has 5 aliphatic rings. The summed E-state index contributed by atoms with van der Waals surface area (Å²) in [6, 6.07) is 0. The Morgan fingerprint density at radius 1 is 1.11 bits per heavy atom. The number of hydrogen-bond donors (Lipinski definition) is 0. The van der Waals surface area contributed by atoms with Crippen LogP contribution in [0.1, 0.15) is 111 Å². The van der Waals surface area contributed by atoms with Crippen LogP contribution in [0.25, 0.3) is 0 Å². The van der Waals surface area contributed by atoms with E-state index >= 15 is 0 Å². The van der Waals surface area contributed by atoms with Crippen molar-refractivity contribution in [3.05, 3.63) is 11.6 Å². The van der Waals surface area contributed by atoms with Gasteiger partial charge in [-0.15, -0.1) is 0 Å². The predicted molar refractivity (Wildman–Crippen MR) is 139 cm³/mol. The lowest BCUT2D eigenvalue weighted by Gasteiger charge is -2.58. The third kappa shape index (κ3) is 4.88. The smallest absolute Gasteiger partial charge is 0.305 e. The number of hydrogen-bond acceptors (Lipinski definition) is 4. The molecule has 4 aliphatic carbocycles. The molecule has 35 heavy (non-hydrogen) atoms. The van der Waals surface area contributed by atoms with Crippen LogP contribution >= 0.6 is 0 Å². The van der Waals surface area contributed by atoms with Crippen LogP contribution in [0.3, 0.4) is 0 Å². The molecule has 0 aromatic rings. The number of esters is 1. The van der Waals surface area contributed by atoms with Crippen LogP contribution in [0.5, 0.6) is 0 Å². The Morgan fingerprint density at radius 2 is 1.97 bits per heavy atom. The van der Waals surface area contributed by atoms with E-state index in [4.69, 9.17) is 14.2 Å². The van der Waals surface area contributed by atoms with E-state index in [0.717, 1.165) is 56.0 Å². The zero-order valence-electron chi connectivity index (χ0n) is 22.9. The van der Waals surface area contributed by atoms with Gasteiger partial charge in [0, 0.05) is 13.0 Å². The lowest BCUT2D eigenvalue weighted by molar-refractivity contribution is -0.195. The van der Waals surface area contributed by atoms with Gasteiger partial charge >= 0.3 is 5.97 Å². The van der Waals surface area contributed by atoms with Crippen LogP contribution in [0.4, 0.5) is 0 Å². The maximum Gasteiger partial charge on any atom is 0.305 e. The molecule has 0 bridgehead atoms. The van der Waals surface area contributed by atoms with E-state index in [-0.39, 0.29) is 12.3 Å². The van der Waals surface area contributed by atoms with Crippen molar-refractivity contribution in [3.8, 4) is 0 Å². The van der Waals surface area contributed by atoms with Crippen molar-refractivity contribution in [1.29, 1.82) is 0 Å². The molecule has 3 saturated carbocycles. The van der Waals surface area contributed by atoms with Crippen molar-refractivity contribution in [2.45, 2.75) is 123 Å². The molecule has 1 aliphatic heterocycles. The molecule has 1 unspecified atom stereocenters. The van der Waals surface area contributed by atoms with Gasteiger partial charge in [-0.05, 0) is 124 Å². The normalized spacial score (nSPS) is 43.9. The molecule has 1 heterocycles. The molecular formula is C31H50O4. The van der Waals surface area contributed by atoms with E-state index in [1.54, 1.807) is 5.57 Å². The van der Waals surface area contributed by atoms with Gasteiger partial charge < -0.3 is 14.2 Å². The molecule has 4 heteroatoms. The SMILES string of the molecule is COC(=O)CCC[C@@H](C)[C@H]1CC[C@H]2[C@@H]3CC=C4C[C@@H](OC5CCCCO5)CC[C@]4(C)[C@H]3CC[C@]12C. The number of methoxy groups -OCH3 is 1. The topological polar surface area (TPSA) is 44.8 Å². The van der Waals surface area contributed by atoms with Crippen molar-refractivity contribution in [2.75, 3.05) is 13.7 Å². The molecule has 0 radical (unpaired) electrons. The van der Waals surface area contributed by atoms with E-state index in [0.29, 0.717) is 29.3 Å². The number of carbonyl (C=O) groups excluding carboxylic acids is 1. The Bertz CT molecular complexity index is 785. The molecule has 4 fully saturated rings. The van der Waals surface area contributed by atoms with Gasteiger partial charge in [0.25, 0.3) is 0 Å². The molecular weight excluding hydrogens is 436 g/mol. The van der Waals surface area contributed by atoms with Crippen LogP contribution in [0, 0.1) is 40.4 Å². The number of ether oxygens (including phenoxy) is 3. The maximum absolute atomic E-state index is 11.6. The zero-order valence-corrected chi connectivity index (χ0v) is 22.9. The first kappa shape index (κ1) is 25.8. The zero-order chi connectivity index (χ0) is 24.6. The minimum absolute atomic E-state index is 0.0375. The fourth-order valence-corrected chi connectivity index (χ4v) is 9.62. The second kappa shape index (κ2) is 10.5. The molecule has 0 aromatic carbocycles. The summed E-state index contributed by atoms with van der Waals surface area (Å²) >= 11 is 0. The van der Waals surface area contributed by atoms with Crippen molar-refractivity contribution < 1.29 is 19.0 Å². The summed E-state index contributed by atoms with van der Waals surface area (Å²) < 4.78 is 17.2. The Hall–Kier alpha value is -0.870. The molecule has 5 rings (SSSR count). The van der Waals surface area contributed by atoms with Gasteiger partial charge in [-0.25, -0.2) is 0 Å². The third-order valence-electron chi connectivity index (χ3n) is 11.6. The molecule has 0 N–H and O–H groups in total. The van der Waals surface area contributed by atoms with Crippen molar-refractivity contribution in [1.82, 2.24) is 0 Å². The summed E-state index contributed by atoms with van der Waals surface area (Å²) in [5.41, 5.74) is 2.56. The summed E-state index contributed by atoms with van der Waals surface area (Å²) in [5.74, 6) is 4.02. The fourth-order valence-electron chi connectivity index (χ4n) is 9.62. The van der Waals surface area contributed by atoms with Crippen LogP contribution in [0.15, 0.2) is 11.6 Å². The molecule has 0 aromatic heterocycles. The van der Waals surface area contributed by atoms with Gasteiger partial charge in [-0.2, -0.15) is 0 Å². The van der Waals surface area contributed by atoms with Crippen LogP contribution in [-0.2, 0) is 19.0 Å². The Balaban J connectivity index is 1.23. The number of fused-ring (bicyclic) bond motifs is 5. The first-order valence-electron chi connectivity index (χ1n) is 14.9. The van der Waals surface area contributed by atoms with E-state index < -0.39 is 0 Å². The quantitative estimate of drug-likeness (QED) is 0.277. The minimum Gasteiger partial charge on any atom is -0.469 e. The molecule has 9 atom stereocenters. The van der Waals surface area contributed by atoms with E-state index in [9.17, 15) is 4.79 Å². The van der Waals surface area contributed by atoms with Crippen molar-refractivity contribution in [3.63, 3.8) is 0 Å². The summed E-state index contributed by atoms with van der Waals surface area (Å²) in [4.78, 5) is 11.6. The molecule has 1 saturated heterocycles. The van der Waals surface area contributed by atoms with Gasteiger partial charge in [0.2, 0.25) is 0 Å². The predicted octanol–water partition coefficient (Wildman–Crippen LogP) is 7.46. The van der Waals surface area contributed by atoms with Gasteiger partial charge in [-0.1, -0.05) is 32.4 Å². The standard InChI is InChI=1S/C31H50O4/c1-21(8-7-9-28(32)33-4)25-13-14-26-24-12-11-22-20-23(35-29-10-5-6-19-34-29)15-17-30(22,2)27(24)16-18-31(25,26)3/h11,21,23-27,29H,5-10,12-20H2,1-4H3/t21-,23+,24+,25-,26+,27+,29?,30+,31-/m1/s1. The number of allylic oxidation sites excluding steroid dienone is 1. The Labute approximate surface area is 213 Å². The summed E-state index contributed by atoms with van der Waals surface area (Å²) in [6.07, 6.45) is 19.7. The van der Waals surface area contributed by atoms with E-state index in [2.05, 4.69) is 26.8 Å². The highest BCUT2D eigenvalue weighted by molar-refractivity contribution is 5.68. The van der Waals surface area contributed by atoms with Crippen molar-refractivity contribution >= 4 is 5.97 Å². The molecule has 198 valence electrons. The number of carbonyl (C=O) groups is 1. The second-order valence-electron chi connectivity index (χ2n) is 13.2.